The Labute approximate surface area is 235 Å². The Morgan fingerprint density at radius 3 is 0.865 bits per heavy atom. The molecule has 0 amide bonds. The molecule has 0 bridgehead atoms. The van der Waals surface area contributed by atoms with Crippen molar-refractivity contribution in [1.29, 1.82) is 0 Å². The molecular weight excluding hydrogens is 512 g/mol. The second-order valence-electron chi connectivity index (χ2n) is 10.6. The lowest BCUT2D eigenvalue weighted by Gasteiger charge is -2.16. The van der Waals surface area contributed by atoms with Crippen LogP contribution in [0, 0.1) is 121 Å². The highest BCUT2D eigenvalue weighted by molar-refractivity contribution is 9.10. The van der Waals surface area contributed by atoms with E-state index in [0.29, 0.717) is 0 Å². The molecule has 0 heterocycles. The first-order chi connectivity index (χ1) is 17.1. The summed E-state index contributed by atoms with van der Waals surface area (Å²) >= 11 is 3.61. The number of terminal acetylenes is 1. The van der Waals surface area contributed by atoms with Crippen molar-refractivity contribution in [3.8, 4) is 24.2 Å². The normalized spacial score (nSPS) is 10.3. The lowest BCUT2D eigenvalue weighted by molar-refractivity contribution is 1.16. The third-order valence-corrected chi connectivity index (χ3v) is 10.2. The number of hydrogen-bond donors (Lipinski definition) is 0. The van der Waals surface area contributed by atoms with Crippen LogP contribution in [0.1, 0.15) is 94.6 Å². The van der Waals surface area contributed by atoms with Gasteiger partial charge in [0.1, 0.15) is 0 Å². The number of hydrogen-bond acceptors (Lipinski definition) is 0. The third-order valence-electron chi connectivity index (χ3n) is 8.99. The van der Waals surface area contributed by atoms with Gasteiger partial charge in [-0.15, -0.1) is 6.42 Å². The second kappa shape index (κ2) is 11.8. The molecule has 0 spiro atoms. The molecule has 3 aromatic carbocycles. The summed E-state index contributed by atoms with van der Waals surface area (Å²) in [6.45, 7) is 30.3. The van der Waals surface area contributed by atoms with Crippen LogP contribution in [0.5, 0.6) is 0 Å². The molecular formula is C36H43Br. The SMILES string of the molecule is C#Cc1c(C)c(C)c(C#Cc2c(C)c(C)c(C)c(C)c2C)c(C)c1C.Cc1c(C)c(C)c(Br)c(C)c1C. The molecule has 0 aliphatic carbocycles. The fourth-order valence-electron chi connectivity index (χ4n) is 4.98. The van der Waals surface area contributed by atoms with Gasteiger partial charge in [0.2, 0.25) is 0 Å². The van der Waals surface area contributed by atoms with E-state index in [1.807, 2.05) is 0 Å². The fourth-order valence-corrected chi connectivity index (χ4v) is 5.58. The van der Waals surface area contributed by atoms with Crippen molar-refractivity contribution in [3.05, 3.63) is 99.1 Å². The summed E-state index contributed by atoms with van der Waals surface area (Å²) in [5, 5.41) is 0. The molecule has 0 aliphatic rings. The molecule has 3 rings (SSSR count). The summed E-state index contributed by atoms with van der Waals surface area (Å²) in [4.78, 5) is 0. The second-order valence-corrected chi connectivity index (χ2v) is 11.4. The summed E-state index contributed by atoms with van der Waals surface area (Å²) in [6.07, 6.45) is 5.71. The Kier molecular flexibility index (Phi) is 9.69. The van der Waals surface area contributed by atoms with Crippen LogP contribution in [0.25, 0.3) is 0 Å². The van der Waals surface area contributed by atoms with E-state index in [4.69, 9.17) is 6.42 Å². The van der Waals surface area contributed by atoms with Crippen molar-refractivity contribution in [3.63, 3.8) is 0 Å². The van der Waals surface area contributed by atoms with Crippen molar-refractivity contribution in [2.24, 2.45) is 0 Å². The highest BCUT2D eigenvalue weighted by Crippen LogP contribution is 2.30. The van der Waals surface area contributed by atoms with Crippen LogP contribution in [-0.4, -0.2) is 0 Å². The Morgan fingerprint density at radius 1 is 0.351 bits per heavy atom. The van der Waals surface area contributed by atoms with Gasteiger partial charge >= 0.3 is 0 Å². The minimum atomic E-state index is 1.01. The zero-order chi connectivity index (χ0) is 28.5. The van der Waals surface area contributed by atoms with Crippen molar-refractivity contribution < 1.29 is 0 Å². The van der Waals surface area contributed by atoms with Gasteiger partial charge in [-0.3, -0.25) is 0 Å². The minimum absolute atomic E-state index is 1.01. The lowest BCUT2D eigenvalue weighted by Crippen LogP contribution is -2.02. The predicted molar refractivity (Wildman–Crippen MR) is 167 cm³/mol. The van der Waals surface area contributed by atoms with Crippen molar-refractivity contribution in [1.82, 2.24) is 0 Å². The average molecular weight is 556 g/mol. The minimum Gasteiger partial charge on any atom is -0.115 e. The first-order valence-electron chi connectivity index (χ1n) is 13.0. The van der Waals surface area contributed by atoms with Gasteiger partial charge in [0.25, 0.3) is 0 Å². The summed E-state index contributed by atoms with van der Waals surface area (Å²) < 4.78 is 1.27. The predicted octanol–water partition coefficient (Wildman–Crippen LogP) is 9.83. The van der Waals surface area contributed by atoms with Crippen molar-refractivity contribution >= 4 is 15.9 Å². The number of halogens is 1. The molecule has 0 saturated carbocycles. The number of rotatable bonds is 0. The molecule has 0 aliphatic heterocycles. The Morgan fingerprint density at radius 2 is 0.568 bits per heavy atom. The van der Waals surface area contributed by atoms with Gasteiger partial charge in [0.05, 0.1) is 0 Å². The van der Waals surface area contributed by atoms with Crippen molar-refractivity contribution in [2.75, 3.05) is 0 Å². The fraction of sp³-hybridized carbons (Fsp3) is 0.389. The maximum absolute atomic E-state index is 5.71. The van der Waals surface area contributed by atoms with Crippen LogP contribution in [0.2, 0.25) is 0 Å². The van der Waals surface area contributed by atoms with E-state index >= 15 is 0 Å². The largest absolute Gasteiger partial charge is 0.115 e. The zero-order valence-electron chi connectivity index (χ0n) is 25.5. The van der Waals surface area contributed by atoms with E-state index in [1.54, 1.807) is 0 Å². The average Bonchev–Trinajstić information content (AvgIpc) is 2.88. The molecule has 0 atom stereocenters. The topological polar surface area (TPSA) is 0 Å². The van der Waals surface area contributed by atoms with Crippen LogP contribution in [0.3, 0.4) is 0 Å². The van der Waals surface area contributed by atoms with Crippen LogP contribution in [0.4, 0.5) is 0 Å². The standard InChI is InChI=1S/C25H28.C11H15Br/c1-11-23-19(7)21(9)25(22(10)20(23)8)13-12-24-17(5)15(3)14(2)16(4)18(24)6;1-6-7(2)9(4)11(12)10(5)8(6)3/h1H,2-10H3;1-5H3. The van der Waals surface area contributed by atoms with Gasteiger partial charge in [-0.1, -0.05) is 33.7 Å². The Bertz CT molecular complexity index is 1340. The molecule has 0 radical (unpaired) electrons. The van der Waals surface area contributed by atoms with E-state index in [9.17, 15) is 0 Å². The summed E-state index contributed by atoms with van der Waals surface area (Å²) in [5.74, 6) is 9.78. The molecule has 37 heavy (non-hydrogen) atoms. The van der Waals surface area contributed by atoms with E-state index in [-0.39, 0.29) is 0 Å². The van der Waals surface area contributed by atoms with Crippen LogP contribution < -0.4 is 0 Å². The van der Waals surface area contributed by atoms with Gasteiger partial charge in [-0.2, -0.15) is 0 Å². The van der Waals surface area contributed by atoms with Gasteiger partial charge in [-0.25, -0.2) is 0 Å². The van der Waals surface area contributed by atoms with Crippen molar-refractivity contribution in [2.45, 2.75) is 96.9 Å². The first kappa shape index (κ1) is 30.5. The molecule has 1 heteroatoms. The molecule has 0 nitrogen and oxygen atoms in total. The summed E-state index contributed by atoms with van der Waals surface area (Å²) in [6, 6.07) is 0. The van der Waals surface area contributed by atoms with Crippen LogP contribution in [0.15, 0.2) is 4.47 Å². The molecule has 0 unspecified atom stereocenters. The lowest BCUT2D eigenvalue weighted by atomic mass is 9.88. The molecule has 194 valence electrons. The van der Waals surface area contributed by atoms with E-state index in [0.717, 1.165) is 16.7 Å². The summed E-state index contributed by atoms with van der Waals surface area (Å²) in [5.41, 5.74) is 21.6. The first-order valence-corrected chi connectivity index (χ1v) is 13.8. The maximum Gasteiger partial charge on any atom is 0.0313 e. The van der Waals surface area contributed by atoms with Crippen LogP contribution in [-0.2, 0) is 0 Å². The Balaban J connectivity index is 0.000000335. The monoisotopic (exact) mass is 554 g/mol. The van der Waals surface area contributed by atoms with E-state index in [2.05, 4.69) is 131 Å². The van der Waals surface area contributed by atoms with Gasteiger partial charge in [-0.05, 0) is 175 Å². The van der Waals surface area contributed by atoms with Gasteiger partial charge < -0.3 is 0 Å². The van der Waals surface area contributed by atoms with Gasteiger partial charge in [0, 0.05) is 21.2 Å². The maximum atomic E-state index is 5.71. The molecule has 0 saturated heterocycles. The highest BCUT2D eigenvalue weighted by atomic mass is 79.9. The molecule has 3 aromatic rings. The quantitative estimate of drug-likeness (QED) is 0.242. The molecule has 0 aromatic heterocycles. The van der Waals surface area contributed by atoms with Gasteiger partial charge in [0.15, 0.2) is 0 Å². The molecule has 0 N–H and O–H groups in total. The van der Waals surface area contributed by atoms with E-state index < -0.39 is 0 Å². The number of benzene rings is 3. The van der Waals surface area contributed by atoms with E-state index in [1.165, 1.54) is 82.4 Å². The highest BCUT2D eigenvalue weighted by Gasteiger charge is 2.14. The smallest absolute Gasteiger partial charge is 0.0313 e. The molecule has 0 fully saturated rings. The Hall–Kier alpha value is -2.74. The summed E-state index contributed by atoms with van der Waals surface area (Å²) in [7, 11) is 0. The van der Waals surface area contributed by atoms with Crippen LogP contribution >= 0.6 is 15.9 Å². The zero-order valence-corrected chi connectivity index (χ0v) is 27.0. The third kappa shape index (κ3) is 5.59.